The Morgan fingerprint density at radius 1 is 1.09 bits per heavy atom. The maximum absolute atomic E-state index is 14.7. The van der Waals surface area contributed by atoms with Crippen LogP contribution in [-0.4, -0.2) is 32.1 Å². The fourth-order valence-corrected chi connectivity index (χ4v) is 4.76. The molecule has 4 N–H and O–H groups in total. The molecule has 1 fully saturated rings. The summed E-state index contributed by atoms with van der Waals surface area (Å²) in [6, 6.07) is 22.3. The number of aryl methyl sites for hydroxylation is 1. The third-order valence-electron chi connectivity index (χ3n) is 6.27. The van der Waals surface area contributed by atoms with E-state index < -0.39 is 0 Å². The Kier molecular flexibility index (Phi) is 10.1. The van der Waals surface area contributed by atoms with Gasteiger partial charge in [0, 0.05) is 34.7 Å². The molecule has 0 radical (unpaired) electrons. The van der Waals surface area contributed by atoms with Gasteiger partial charge in [0.15, 0.2) is 0 Å². The highest BCUT2D eigenvalue weighted by molar-refractivity contribution is 6.33. The average Bonchev–Trinajstić information content (AvgIpc) is 3.11. The first-order valence-corrected chi connectivity index (χ1v) is 12.1. The summed E-state index contributed by atoms with van der Waals surface area (Å²) in [6.45, 7) is 4.93. The molecule has 3 aromatic rings. The van der Waals surface area contributed by atoms with Crippen molar-refractivity contribution in [3.63, 3.8) is 0 Å². The molecule has 4 nitrogen and oxygen atoms in total. The van der Waals surface area contributed by atoms with Gasteiger partial charge in [-0.05, 0) is 74.2 Å². The van der Waals surface area contributed by atoms with Gasteiger partial charge < -0.3 is 16.4 Å². The van der Waals surface area contributed by atoms with Gasteiger partial charge in [-0.1, -0.05) is 60.1 Å². The van der Waals surface area contributed by atoms with Crippen LogP contribution >= 0.6 is 11.6 Å². The van der Waals surface area contributed by atoms with Gasteiger partial charge in [0.1, 0.15) is 5.82 Å². The van der Waals surface area contributed by atoms with Crippen molar-refractivity contribution >= 4 is 18.0 Å². The number of hydrogen-bond donors (Lipinski definition) is 3. The van der Waals surface area contributed by atoms with Gasteiger partial charge in [-0.3, -0.25) is 4.79 Å². The normalized spacial score (nSPS) is 16.6. The van der Waals surface area contributed by atoms with E-state index in [0.29, 0.717) is 16.6 Å². The van der Waals surface area contributed by atoms with Gasteiger partial charge in [-0.15, -0.1) is 0 Å². The molecule has 6 heteroatoms. The van der Waals surface area contributed by atoms with Crippen molar-refractivity contribution in [3.8, 4) is 11.1 Å². The number of amides is 1. The smallest absolute Gasteiger partial charge is 0.204 e. The molecule has 2 unspecified atom stereocenters. The van der Waals surface area contributed by atoms with E-state index in [0.717, 1.165) is 42.7 Å². The van der Waals surface area contributed by atoms with E-state index in [1.54, 1.807) is 6.07 Å². The minimum Gasteiger partial charge on any atom is -0.372 e. The third kappa shape index (κ3) is 6.89. The molecule has 0 saturated carbocycles. The lowest BCUT2D eigenvalue weighted by Gasteiger charge is -2.24. The van der Waals surface area contributed by atoms with E-state index >= 15 is 0 Å². The highest BCUT2D eigenvalue weighted by atomic mass is 35.5. The van der Waals surface area contributed by atoms with Gasteiger partial charge in [0.25, 0.3) is 0 Å². The van der Waals surface area contributed by atoms with Crippen LogP contribution in [0.4, 0.5) is 4.39 Å². The third-order valence-corrected chi connectivity index (χ3v) is 6.60. The summed E-state index contributed by atoms with van der Waals surface area (Å²) < 4.78 is 14.7. The first kappa shape index (κ1) is 25.9. The molecule has 2 atom stereocenters. The average molecular weight is 482 g/mol. The molecule has 0 spiro atoms. The maximum Gasteiger partial charge on any atom is 0.204 e. The van der Waals surface area contributed by atoms with Gasteiger partial charge in [-0.2, -0.15) is 0 Å². The summed E-state index contributed by atoms with van der Waals surface area (Å²) in [6.07, 6.45) is 3.78. The summed E-state index contributed by atoms with van der Waals surface area (Å²) in [4.78, 5) is 8.58. The monoisotopic (exact) mass is 481 g/mol. The molecular formula is C28H33ClFN3O. The van der Waals surface area contributed by atoms with E-state index in [1.165, 1.54) is 24.5 Å². The second-order valence-corrected chi connectivity index (χ2v) is 8.96. The number of carbonyl (C=O) groups excluding carboxylic acids is 1. The van der Waals surface area contributed by atoms with Crippen molar-refractivity contribution < 1.29 is 9.18 Å². The molecule has 34 heavy (non-hydrogen) atoms. The van der Waals surface area contributed by atoms with E-state index in [1.807, 2.05) is 25.1 Å². The topological polar surface area (TPSA) is 67.2 Å². The fourth-order valence-electron chi connectivity index (χ4n) is 4.55. The summed E-state index contributed by atoms with van der Waals surface area (Å²) in [5.41, 5.74) is 8.80. The number of rotatable bonds is 6. The molecule has 180 valence electrons. The zero-order valence-corrected chi connectivity index (χ0v) is 20.3. The molecule has 1 amide bonds. The van der Waals surface area contributed by atoms with Crippen LogP contribution < -0.4 is 16.4 Å². The van der Waals surface area contributed by atoms with Crippen molar-refractivity contribution in [2.45, 2.75) is 38.1 Å². The Hall–Kier alpha value is -2.73. The van der Waals surface area contributed by atoms with Crippen LogP contribution in [0.15, 0.2) is 66.7 Å². The van der Waals surface area contributed by atoms with Crippen LogP contribution in [0.1, 0.15) is 41.9 Å². The highest BCUT2D eigenvalue weighted by Gasteiger charge is 2.20. The van der Waals surface area contributed by atoms with Crippen LogP contribution in [0.5, 0.6) is 0 Å². The molecule has 1 aliphatic rings. The second-order valence-electron chi connectivity index (χ2n) is 8.56. The predicted molar refractivity (Wildman–Crippen MR) is 139 cm³/mol. The first-order chi connectivity index (χ1) is 16.5. The van der Waals surface area contributed by atoms with Crippen molar-refractivity contribution in [1.82, 2.24) is 10.6 Å². The lowest BCUT2D eigenvalue weighted by molar-refractivity contribution is -0.106. The minimum absolute atomic E-state index is 0.167. The number of benzene rings is 3. The number of nitrogens with one attached hydrogen (secondary N) is 2. The van der Waals surface area contributed by atoms with Gasteiger partial charge in [-0.25, -0.2) is 4.39 Å². The highest BCUT2D eigenvalue weighted by Crippen LogP contribution is 2.36. The largest absolute Gasteiger partial charge is 0.372 e. The SMILES string of the molecule is Cc1cccc(F)c1-c1cc(C(CNC2CCCNCC2)c2ccccc2)ccc1Cl.NC=O. The molecule has 1 saturated heterocycles. The number of carbonyl (C=O) groups is 1. The molecule has 1 heterocycles. The Morgan fingerprint density at radius 3 is 2.59 bits per heavy atom. The lowest BCUT2D eigenvalue weighted by Crippen LogP contribution is -2.33. The van der Waals surface area contributed by atoms with Gasteiger partial charge in [0.2, 0.25) is 6.41 Å². The predicted octanol–water partition coefficient (Wildman–Crippen LogP) is 5.42. The van der Waals surface area contributed by atoms with Crippen LogP contribution in [0.3, 0.4) is 0 Å². The van der Waals surface area contributed by atoms with Crippen molar-refractivity contribution in [2.24, 2.45) is 5.73 Å². The summed E-state index contributed by atoms with van der Waals surface area (Å²) >= 11 is 6.55. The van der Waals surface area contributed by atoms with Crippen molar-refractivity contribution in [3.05, 3.63) is 94.3 Å². The molecular weight excluding hydrogens is 449 g/mol. The van der Waals surface area contributed by atoms with Crippen LogP contribution in [0, 0.1) is 12.7 Å². The Labute approximate surface area is 206 Å². The first-order valence-electron chi connectivity index (χ1n) is 11.7. The van der Waals surface area contributed by atoms with Crippen LogP contribution in [0.25, 0.3) is 11.1 Å². The Morgan fingerprint density at radius 2 is 1.85 bits per heavy atom. The Balaban J connectivity index is 0.00000103. The maximum atomic E-state index is 14.7. The standard InChI is InChI=1S/C27H30ClFN2.CH3NO/c1-19-7-5-11-26(29)27(19)23-17-21(12-13-25(23)28)24(20-8-3-2-4-9-20)18-31-22-10-6-15-30-16-14-22;2-1-3/h2-5,7-9,11-13,17,22,24,30-31H,6,10,14-16,18H2,1H3;1H,(H2,2,3). The Bertz CT molecular complexity index is 1030. The molecule has 3 aromatic carbocycles. The van der Waals surface area contributed by atoms with Gasteiger partial charge in [0.05, 0.1) is 0 Å². The van der Waals surface area contributed by atoms with Crippen molar-refractivity contribution in [2.75, 3.05) is 19.6 Å². The zero-order chi connectivity index (χ0) is 24.3. The lowest BCUT2D eigenvalue weighted by atomic mass is 9.88. The van der Waals surface area contributed by atoms with Crippen molar-refractivity contribution in [1.29, 1.82) is 0 Å². The molecule has 1 aliphatic heterocycles. The van der Waals surface area contributed by atoms with Crippen LogP contribution in [0.2, 0.25) is 5.02 Å². The quantitative estimate of drug-likeness (QED) is 0.412. The summed E-state index contributed by atoms with van der Waals surface area (Å²) in [5.74, 6) is -0.0695. The van der Waals surface area contributed by atoms with E-state index in [-0.39, 0.29) is 18.1 Å². The number of primary amides is 1. The number of halogens is 2. The molecule has 0 aliphatic carbocycles. The summed E-state index contributed by atoms with van der Waals surface area (Å²) in [7, 11) is 0. The zero-order valence-electron chi connectivity index (χ0n) is 19.6. The fraction of sp³-hybridized carbons (Fsp3) is 0.321. The molecule has 0 bridgehead atoms. The van der Waals surface area contributed by atoms with Crippen LogP contribution in [-0.2, 0) is 4.79 Å². The molecule has 4 rings (SSSR count). The number of hydrogen-bond acceptors (Lipinski definition) is 3. The summed E-state index contributed by atoms with van der Waals surface area (Å²) in [5, 5.41) is 7.86. The minimum atomic E-state index is -0.237. The number of nitrogens with two attached hydrogens (primary N) is 1. The van der Waals surface area contributed by atoms with E-state index in [9.17, 15) is 4.39 Å². The van der Waals surface area contributed by atoms with Gasteiger partial charge >= 0.3 is 0 Å². The molecule has 0 aromatic heterocycles. The van der Waals surface area contributed by atoms with E-state index in [4.69, 9.17) is 16.4 Å². The van der Waals surface area contributed by atoms with E-state index in [2.05, 4.69) is 52.8 Å². The second kappa shape index (κ2) is 13.2.